The molecule has 6 heterocycles. The molecule has 0 bridgehead atoms. The van der Waals surface area contributed by atoms with Gasteiger partial charge in [-0.25, -0.2) is 4.98 Å². The number of aromatic nitrogens is 6. The lowest BCUT2D eigenvalue weighted by atomic mass is 9.85. The average Bonchev–Trinajstić information content (AvgIpc) is 3.95. The van der Waals surface area contributed by atoms with Gasteiger partial charge in [0.1, 0.15) is 18.2 Å². The van der Waals surface area contributed by atoms with Crippen molar-refractivity contribution < 1.29 is 15.0 Å². The Balaban J connectivity index is 0.890. The summed E-state index contributed by atoms with van der Waals surface area (Å²) in [5, 5.41) is 33.8. The number of amides is 1. The van der Waals surface area contributed by atoms with Gasteiger partial charge < -0.3 is 15.1 Å². The van der Waals surface area contributed by atoms with Crippen LogP contribution in [0.2, 0.25) is 0 Å². The topological polar surface area (TPSA) is 140 Å². The minimum Gasteiger partial charge on any atom is -0.396 e. The van der Waals surface area contributed by atoms with E-state index in [1.807, 2.05) is 43.1 Å². The van der Waals surface area contributed by atoms with Crippen LogP contribution in [-0.2, 0) is 11.8 Å². The van der Waals surface area contributed by atoms with E-state index in [4.69, 9.17) is 0 Å². The molecule has 0 aliphatic carbocycles. The van der Waals surface area contributed by atoms with Crippen LogP contribution in [-0.4, -0.2) is 108 Å². The molecule has 3 N–H and O–H groups in total. The number of likely N-dealkylation sites (tertiary alicyclic amines) is 1. The van der Waals surface area contributed by atoms with E-state index in [9.17, 15) is 15.0 Å². The van der Waals surface area contributed by atoms with Crippen molar-refractivity contribution in [3.05, 3.63) is 84.5 Å². The Morgan fingerprint density at radius 2 is 1.78 bits per heavy atom. The Morgan fingerprint density at radius 1 is 0.980 bits per heavy atom. The lowest BCUT2D eigenvalue weighted by Crippen LogP contribution is -2.46. The second-order valence-corrected chi connectivity index (χ2v) is 14.1. The first-order chi connectivity index (χ1) is 24.3. The van der Waals surface area contributed by atoms with Gasteiger partial charge in [0.2, 0.25) is 5.91 Å². The molecule has 3 aliphatic heterocycles. The van der Waals surface area contributed by atoms with Gasteiger partial charge >= 0.3 is 0 Å². The summed E-state index contributed by atoms with van der Waals surface area (Å²) in [4.78, 5) is 29.3. The van der Waals surface area contributed by atoms with E-state index < -0.39 is 11.6 Å². The third-order valence-electron chi connectivity index (χ3n) is 10.8. The van der Waals surface area contributed by atoms with E-state index in [0.717, 1.165) is 77.3 Å². The van der Waals surface area contributed by atoms with E-state index in [2.05, 4.69) is 71.5 Å². The number of benzene rings is 2. The molecule has 2 saturated heterocycles. The SMILES string of the molecule is C[C@H](CO)c1ccc(-c2n[nH]c3ccc(N4CC[C@]5(CCN(C[C@H](O)N6CC=C(c7ccc(-c8ncn(C)n8)cc7)CC6)C5)C4=O)cc23)cn1. The van der Waals surface area contributed by atoms with E-state index in [-0.39, 0.29) is 18.4 Å². The molecule has 1 amide bonds. The molecule has 3 atom stereocenters. The second-order valence-electron chi connectivity index (χ2n) is 14.1. The number of aromatic amines is 1. The maximum absolute atomic E-state index is 14.1. The molecule has 1 spiro atoms. The molecule has 8 rings (SSSR count). The minimum absolute atomic E-state index is 0.0308. The maximum atomic E-state index is 14.1. The summed E-state index contributed by atoms with van der Waals surface area (Å²) in [7, 11) is 1.86. The van der Waals surface area contributed by atoms with Crippen molar-refractivity contribution in [2.24, 2.45) is 12.5 Å². The van der Waals surface area contributed by atoms with Crippen LogP contribution in [0.5, 0.6) is 0 Å². The Labute approximate surface area is 291 Å². The molecule has 12 heteroatoms. The molecule has 0 saturated carbocycles. The maximum Gasteiger partial charge on any atom is 0.234 e. The zero-order valence-corrected chi connectivity index (χ0v) is 28.5. The van der Waals surface area contributed by atoms with Crippen LogP contribution in [0.4, 0.5) is 5.69 Å². The van der Waals surface area contributed by atoms with Crippen LogP contribution in [0.15, 0.2) is 73.2 Å². The molecule has 0 unspecified atom stereocenters. The third kappa shape index (κ3) is 6.02. The molecule has 3 aromatic heterocycles. The highest BCUT2D eigenvalue weighted by atomic mass is 16.3. The van der Waals surface area contributed by atoms with Gasteiger partial charge in [0.15, 0.2) is 5.82 Å². The van der Waals surface area contributed by atoms with E-state index in [1.165, 1.54) is 11.1 Å². The number of aryl methyl sites for hydroxylation is 1. The minimum atomic E-state index is -0.592. The molecular weight excluding hydrogens is 630 g/mol. The number of β-amino-alcohol motifs (C(OH)–C–C–N with tert-alkyl or cyclic N) is 1. The molecule has 12 nitrogen and oxygen atoms in total. The summed E-state index contributed by atoms with van der Waals surface area (Å²) in [6.45, 7) is 6.11. The number of aliphatic hydroxyl groups is 2. The zero-order chi connectivity index (χ0) is 34.4. The van der Waals surface area contributed by atoms with Crippen molar-refractivity contribution in [1.82, 2.24) is 39.7 Å². The smallest absolute Gasteiger partial charge is 0.234 e. The number of rotatable bonds is 9. The van der Waals surface area contributed by atoms with Crippen LogP contribution in [0.25, 0.3) is 39.1 Å². The van der Waals surface area contributed by atoms with Crippen molar-refractivity contribution in [3.8, 4) is 22.6 Å². The van der Waals surface area contributed by atoms with Gasteiger partial charge in [0, 0.05) is 79.8 Å². The van der Waals surface area contributed by atoms with Crippen LogP contribution in [0, 0.1) is 5.41 Å². The van der Waals surface area contributed by atoms with E-state index in [1.54, 1.807) is 17.2 Å². The first-order valence-corrected chi connectivity index (χ1v) is 17.5. The molecule has 0 radical (unpaired) electrons. The number of anilines is 1. The lowest BCUT2D eigenvalue weighted by molar-refractivity contribution is -0.125. The number of aliphatic hydroxyl groups excluding tert-OH is 2. The van der Waals surface area contributed by atoms with Crippen LogP contribution in [0.1, 0.15) is 43.4 Å². The Morgan fingerprint density at radius 3 is 2.50 bits per heavy atom. The van der Waals surface area contributed by atoms with Crippen molar-refractivity contribution in [2.75, 3.05) is 50.8 Å². The monoisotopic (exact) mass is 673 g/mol. The molecular formula is C38H43N9O3. The summed E-state index contributed by atoms with van der Waals surface area (Å²) in [6.07, 6.45) is 7.59. The molecule has 50 heavy (non-hydrogen) atoms. The largest absolute Gasteiger partial charge is 0.396 e. The fourth-order valence-corrected chi connectivity index (χ4v) is 7.75. The average molecular weight is 674 g/mol. The summed E-state index contributed by atoms with van der Waals surface area (Å²) < 4.78 is 1.70. The Kier molecular flexibility index (Phi) is 8.55. The fraction of sp³-hybridized carbons (Fsp3) is 0.395. The van der Waals surface area contributed by atoms with E-state index in [0.29, 0.717) is 26.2 Å². The van der Waals surface area contributed by atoms with Gasteiger partial charge in [-0.1, -0.05) is 37.3 Å². The summed E-state index contributed by atoms with van der Waals surface area (Å²) in [5.41, 5.74) is 7.31. The number of carbonyl (C=O) groups is 1. The quantitative estimate of drug-likeness (QED) is 0.212. The van der Waals surface area contributed by atoms with E-state index >= 15 is 0 Å². The van der Waals surface area contributed by atoms with Crippen LogP contribution < -0.4 is 4.90 Å². The predicted molar refractivity (Wildman–Crippen MR) is 192 cm³/mol. The number of hydrogen-bond acceptors (Lipinski definition) is 9. The van der Waals surface area contributed by atoms with Crippen molar-refractivity contribution in [3.63, 3.8) is 0 Å². The summed E-state index contributed by atoms with van der Waals surface area (Å²) >= 11 is 0. The van der Waals surface area contributed by atoms with Gasteiger partial charge in [-0.3, -0.25) is 29.4 Å². The van der Waals surface area contributed by atoms with Gasteiger partial charge in [0.05, 0.1) is 17.5 Å². The first-order valence-electron chi connectivity index (χ1n) is 17.5. The summed E-state index contributed by atoms with van der Waals surface area (Å²) in [5.74, 6) is 0.854. The van der Waals surface area contributed by atoms with Crippen molar-refractivity contribution in [1.29, 1.82) is 0 Å². The predicted octanol–water partition coefficient (Wildman–Crippen LogP) is 4.05. The number of nitrogens with one attached hydrogen (secondary N) is 1. The number of fused-ring (bicyclic) bond motifs is 1. The van der Waals surface area contributed by atoms with Gasteiger partial charge in [0.25, 0.3) is 0 Å². The highest BCUT2D eigenvalue weighted by Gasteiger charge is 2.51. The highest BCUT2D eigenvalue weighted by Crippen LogP contribution is 2.43. The number of H-pyrrole nitrogens is 1. The zero-order valence-electron chi connectivity index (χ0n) is 28.5. The third-order valence-corrected chi connectivity index (χ3v) is 10.8. The molecule has 2 fully saturated rings. The normalized spacial score (nSPS) is 21.4. The second kappa shape index (κ2) is 13.2. The number of hydrogen-bond donors (Lipinski definition) is 3. The fourth-order valence-electron chi connectivity index (χ4n) is 7.75. The molecule has 3 aliphatic rings. The van der Waals surface area contributed by atoms with Gasteiger partial charge in [-0.15, -0.1) is 0 Å². The number of carbonyl (C=O) groups excluding carboxylic acids is 1. The van der Waals surface area contributed by atoms with Gasteiger partial charge in [-0.05, 0) is 67.3 Å². The first kappa shape index (κ1) is 32.5. The highest BCUT2D eigenvalue weighted by molar-refractivity contribution is 6.03. The number of pyridine rings is 1. The molecule has 2 aromatic carbocycles. The summed E-state index contributed by atoms with van der Waals surface area (Å²) in [6, 6.07) is 18.3. The van der Waals surface area contributed by atoms with Crippen molar-refractivity contribution in [2.45, 2.75) is 38.3 Å². The molecule has 258 valence electrons. The van der Waals surface area contributed by atoms with Gasteiger partial charge in [-0.2, -0.15) is 10.2 Å². The number of nitrogens with zero attached hydrogens (tertiary/aromatic N) is 8. The Bertz CT molecular complexity index is 2040. The Hall–Kier alpha value is -4.75. The lowest BCUT2D eigenvalue weighted by Gasteiger charge is -2.33. The van der Waals surface area contributed by atoms with Crippen molar-refractivity contribution >= 4 is 28.1 Å². The standard InChI is InChI=1S/C38H43N9O3/c1-25(22-48)32-9-7-29(20-39-32)35-31-19-30(8-10-33(31)41-42-35)47-18-14-38(37(47)50)13-17-45(23-38)21-34(49)46-15-11-27(12-16-46)26-3-5-28(6-4-26)36-40-24-44(2)43-36/h3-11,19-20,24-25,34,48-49H,12-18,21-23H2,1-2H3,(H,41,42)/t25-,34+,38+/m1/s1. The van der Waals surface area contributed by atoms with Crippen LogP contribution >= 0.6 is 0 Å². The molecule has 5 aromatic rings. The van der Waals surface area contributed by atoms with Crippen LogP contribution in [0.3, 0.4) is 0 Å².